The third-order valence-electron chi connectivity index (χ3n) is 2.60. The summed E-state index contributed by atoms with van der Waals surface area (Å²) in [7, 11) is 0. The molecule has 0 saturated carbocycles. The molecule has 0 aliphatic heterocycles. The van der Waals surface area contributed by atoms with Crippen molar-refractivity contribution in [1.29, 1.82) is 0 Å². The van der Waals surface area contributed by atoms with Crippen LogP contribution in [0.1, 0.15) is 15.9 Å². The maximum absolute atomic E-state index is 11.3. The number of aromatic nitrogens is 1. The van der Waals surface area contributed by atoms with Crippen LogP contribution in [0.5, 0.6) is 0 Å². The number of carboxylic acids is 1. The van der Waals surface area contributed by atoms with Crippen LogP contribution in [0, 0.1) is 0 Å². The number of aliphatic hydroxyl groups excluding tert-OH is 1. The van der Waals surface area contributed by atoms with Crippen molar-refractivity contribution in [1.82, 2.24) is 4.98 Å². The second-order valence-electron chi connectivity index (χ2n) is 3.79. The first-order valence-electron chi connectivity index (χ1n) is 5.28. The summed E-state index contributed by atoms with van der Waals surface area (Å²) in [5.74, 6) is -1.26. The van der Waals surface area contributed by atoms with Crippen molar-refractivity contribution in [3.8, 4) is 11.1 Å². The van der Waals surface area contributed by atoms with Gasteiger partial charge < -0.3 is 15.2 Å². The normalized spacial score (nSPS) is 10.3. The predicted molar refractivity (Wildman–Crippen MR) is 65.4 cm³/mol. The van der Waals surface area contributed by atoms with Crippen LogP contribution in [0.2, 0.25) is 0 Å². The van der Waals surface area contributed by atoms with Crippen molar-refractivity contribution in [3.05, 3.63) is 58.0 Å². The van der Waals surface area contributed by atoms with Crippen LogP contribution in [-0.4, -0.2) is 21.2 Å². The largest absolute Gasteiger partial charge is 0.477 e. The topological polar surface area (TPSA) is 90.4 Å². The zero-order chi connectivity index (χ0) is 13.1. The lowest BCUT2D eigenvalue weighted by Crippen LogP contribution is -2.16. The van der Waals surface area contributed by atoms with Gasteiger partial charge in [0.25, 0.3) is 5.56 Å². The Bertz CT molecular complexity index is 628. The molecule has 92 valence electrons. The zero-order valence-electron chi connectivity index (χ0n) is 9.38. The van der Waals surface area contributed by atoms with Gasteiger partial charge in [-0.15, -0.1) is 0 Å². The highest BCUT2D eigenvalue weighted by atomic mass is 16.4. The van der Waals surface area contributed by atoms with E-state index in [1.54, 1.807) is 24.3 Å². The summed E-state index contributed by atoms with van der Waals surface area (Å²) < 4.78 is 0. The number of nitrogens with one attached hydrogen (secondary N) is 1. The molecule has 0 unspecified atom stereocenters. The number of aliphatic hydroxyl groups is 1. The molecule has 0 atom stereocenters. The van der Waals surface area contributed by atoms with Gasteiger partial charge in [0.2, 0.25) is 0 Å². The minimum Gasteiger partial charge on any atom is -0.477 e. The quantitative estimate of drug-likeness (QED) is 0.758. The van der Waals surface area contributed by atoms with E-state index in [1.165, 1.54) is 12.3 Å². The Morgan fingerprint density at radius 2 is 1.83 bits per heavy atom. The Balaban J connectivity index is 2.47. The van der Waals surface area contributed by atoms with Crippen molar-refractivity contribution in [2.45, 2.75) is 6.61 Å². The number of benzene rings is 1. The molecule has 0 saturated heterocycles. The SMILES string of the molecule is O=C(O)c1cc(-c2ccc(CO)cc2)c[nH]c1=O. The number of rotatable bonds is 3. The first kappa shape index (κ1) is 12.1. The molecular weight excluding hydrogens is 234 g/mol. The summed E-state index contributed by atoms with van der Waals surface area (Å²) in [6.45, 7) is -0.0493. The van der Waals surface area contributed by atoms with Gasteiger partial charge in [0, 0.05) is 6.20 Å². The Labute approximate surface area is 102 Å². The van der Waals surface area contributed by atoms with Gasteiger partial charge in [-0.05, 0) is 22.8 Å². The highest BCUT2D eigenvalue weighted by Crippen LogP contribution is 2.19. The average Bonchev–Trinajstić information content (AvgIpc) is 2.39. The van der Waals surface area contributed by atoms with Crippen LogP contribution in [-0.2, 0) is 6.61 Å². The number of H-pyrrole nitrogens is 1. The van der Waals surface area contributed by atoms with Crippen LogP contribution in [0.25, 0.3) is 11.1 Å². The van der Waals surface area contributed by atoms with E-state index in [9.17, 15) is 9.59 Å². The van der Waals surface area contributed by atoms with Crippen LogP contribution >= 0.6 is 0 Å². The van der Waals surface area contributed by atoms with Gasteiger partial charge in [-0.3, -0.25) is 4.79 Å². The van der Waals surface area contributed by atoms with Crippen molar-refractivity contribution >= 4 is 5.97 Å². The van der Waals surface area contributed by atoms with Crippen molar-refractivity contribution in [2.24, 2.45) is 0 Å². The van der Waals surface area contributed by atoms with Crippen LogP contribution < -0.4 is 5.56 Å². The highest BCUT2D eigenvalue weighted by molar-refractivity contribution is 5.88. The molecule has 5 nitrogen and oxygen atoms in total. The fourth-order valence-corrected chi connectivity index (χ4v) is 1.61. The standard InChI is InChI=1S/C13H11NO4/c15-7-8-1-3-9(4-2-8)10-5-11(13(17)18)12(16)14-6-10/h1-6,15H,7H2,(H,14,16)(H,17,18). The minimum atomic E-state index is -1.26. The van der Waals surface area contributed by atoms with E-state index in [4.69, 9.17) is 10.2 Å². The molecule has 1 heterocycles. The summed E-state index contributed by atoms with van der Waals surface area (Å²) >= 11 is 0. The van der Waals surface area contributed by atoms with E-state index in [2.05, 4.69) is 4.98 Å². The lowest BCUT2D eigenvalue weighted by atomic mass is 10.0. The van der Waals surface area contributed by atoms with Crippen LogP contribution in [0.3, 0.4) is 0 Å². The molecule has 18 heavy (non-hydrogen) atoms. The number of carboxylic acid groups (broad SMARTS) is 1. The molecule has 0 radical (unpaired) electrons. The van der Waals surface area contributed by atoms with Crippen molar-refractivity contribution in [3.63, 3.8) is 0 Å². The molecule has 0 aliphatic carbocycles. The van der Waals surface area contributed by atoms with Crippen LogP contribution in [0.15, 0.2) is 41.3 Å². The van der Waals surface area contributed by atoms with Gasteiger partial charge in [0.15, 0.2) is 0 Å². The first-order valence-corrected chi connectivity index (χ1v) is 5.28. The van der Waals surface area contributed by atoms with Crippen molar-refractivity contribution < 1.29 is 15.0 Å². The predicted octanol–water partition coefficient (Wildman–Crippen LogP) is 1.23. The summed E-state index contributed by atoms with van der Waals surface area (Å²) in [5.41, 5.74) is 1.22. The Hall–Kier alpha value is -2.40. The van der Waals surface area contributed by atoms with E-state index in [0.717, 1.165) is 11.1 Å². The lowest BCUT2D eigenvalue weighted by Gasteiger charge is -2.03. The smallest absolute Gasteiger partial charge is 0.341 e. The number of aromatic carboxylic acids is 1. The average molecular weight is 245 g/mol. The number of pyridine rings is 1. The monoisotopic (exact) mass is 245 g/mol. The molecule has 0 amide bonds. The van der Waals surface area contributed by atoms with Gasteiger partial charge in [0.1, 0.15) is 5.56 Å². The Morgan fingerprint density at radius 1 is 1.17 bits per heavy atom. The number of hydrogen-bond acceptors (Lipinski definition) is 3. The van der Waals surface area contributed by atoms with E-state index in [-0.39, 0.29) is 12.2 Å². The van der Waals surface area contributed by atoms with Crippen LogP contribution in [0.4, 0.5) is 0 Å². The molecule has 0 spiro atoms. The number of hydrogen-bond donors (Lipinski definition) is 3. The third-order valence-corrected chi connectivity index (χ3v) is 2.60. The summed E-state index contributed by atoms with van der Waals surface area (Å²) in [6.07, 6.45) is 1.46. The highest BCUT2D eigenvalue weighted by Gasteiger charge is 2.10. The Morgan fingerprint density at radius 3 is 2.39 bits per heavy atom. The molecule has 0 aliphatic rings. The van der Waals surface area contributed by atoms with E-state index in [1.807, 2.05) is 0 Å². The molecule has 2 aromatic rings. The molecule has 0 fully saturated rings. The molecule has 5 heteroatoms. The zero-order valence-corrected chi connectivity index (χ0v) is 9.38. The lowest BCUT2D eigenvalue weighted by molar-refractivity contribution is 0.0695. The molecule has 0 bridgehead atoms. The number of carbonyl (C=O) groups is 1. The molecule has 1 aromatic heterocycles. The van der Waals surface area contributed by atoms with Gasteiger partial charge in [-0.2, -0.15) is 0 Å². The second-order valence-corrected chi connectivity index (χ2v) is 3.79. The maximum Gasteiger partial charge on any atom is 0.341 e. The van der Waals surface area contributed by atoms with Crippen molar-refractivity contribution in [2.75, 3.05) is 0 Å². The van der Waals surface area contributed by atoms with E-state index in [0.29, 0.717) is 5.56 Å². The third kappa shape index (κ3) is 2.31. The maximum atomic E-state index is 11.3. The summed E-state index contributed by atoms with van der Waals surface area (Å²) in [4.78, 5) is 24.5. The second kappa shape index (κ2) is 4.85. The van der Waals surface area contributed by atoms with Gasteiger partial charge in [-0.1, -0.05) is 24.3 Å². The van der Waals surface area contributed by atoms with Gasteiger partial charge in [-0.25, -0.2) is 4.79 Å². The summed E-state index contributed by atoms with van der Waals surface area (Å²) in [6, 6.07) is 8.31. The molecule has 2 rings (SSSR count). The van der Waals surface area contributed by atoms with Gasteiger partial charge >= 0.3 is 5.97 Å². The fourth-order valence-electron chi connectivity index (χ4n) is 1.61. The first-order chi connectivity index (χ1) is 8.61. The van der Waals surface area contributed by atoms with E-state index < -0.39 is 11.5 Å². The Kier molecular flexibility index (Phi) is 3.25. The minimum absolute atomic E-state index is 0.0493. The molecular formula is C13H11NO4. The van der Waals surface area contributed by atoms with E-state index >= 15 is 0 Å². The van der Waals surface area contributed by atoms with Gasteiger partial charge in [0.05, 0.1) is 6.61 Å². The molecule has 3 N–H and O–H groups in total. The number of aromatic amines is 1. The summed E-state index contributed by atoms with van der Waals surface area (Å²) in [5, 5.41) is 17.8. The molecule has 1 aromatic carbocycles. The fraction of sp³-hybridized carbons (Fsp3) is 0.0769.